The molecule has 0 fully saturated rings. The zero-order valence-electron chi connectivity index (χ0n) is 15.2. The first-order valence-corrected chi connectivity index (χ1v) is 8.60. The second kappa shape index (κ2) is 10.9. The molecule has 6 nitrogen and oxygen atoms in total. The third-order valence-electron chi connectivity index (χ3n) is 3.47. The predicted molar refractivity (Wildman–Crippen MR) is 100 cm³/mol. The number of likely N-dealkylation sites (N-methyl/N-ethyl adjacent to an activating group) is 1. The monoisotopic (exact) mass is 360 g/mol. The van der Waals surface area contributed by atoms with Crippen molar-refractivity contribution in [2.75, 3.05) is 39.9 Å². The van der Waals surface area contributed by atoms with Crippen LogP contribution >= 0.6 is 0 Å². The summed E-state index contributed by atoms with van der Waals surface area (Å²) in [5.41, 5.74) is 0. The van der Waals surface area contributed by atoms with E-state index in [1.165, 1.54) is 6.07 Å². The molecule has 26 heavy (non-hydrogen) atoms. The topological polar surface area (TPSA) is 59.0 Å². The van der Waals surface area contributed by atoms with Crippen LogP contribution in [0.15, 0.2) is 53.8 Å². The summed E-state index contributed by atoms with van der Waals surface area (Å²) in [6.45, 7) is 4.65. The highest BCUT2D eigenvalue weighted by Gasteiger charge is 2.07. The molecule has 1 N–H and O–H groups in total. The molecule has 1 aromatic carbocycles. The van der Waals surface area contributed by atoms with Gasteiger partial charge in [-0.25, -0.2) is 9.38 Å². The normalized spacial score (nSPS) is 11.1. The van der Waals surface area contributed by atoms with Crippen molar-refractivity contribution in [1.29, 1.82) is 0 Å². The highest BCUT2D eigenvalue weighted by Crippen LogP contribution is 2.15. The number of aromatic nitrogens is 1. The number of nitrogens with one attached hydrogen (secondary N) is 1. The fraction of sp³-hybridized carbons (Fsp3) is 0.368. The second-order valence-electron chi connectivity index (χ2n) is 5.47. The molecule has 0 bridgehead atoms. The molecule has 0 atom stereocenters. The molecule has 0 unspecified atom stereocenters. The summed E-state index contributed by atoms with van der Waals surface area (Å²) >= 11 is 0. The number of hydrogen-bond acceptors (Lipinski definition) is 4. The summed E-state index contributed by atoms with van der Waals surface area (Å²) in [6, 6.07) is 10.1. The maximum atomic E-state index is 13.5. The Morgan fingerprint density at radius 2 is 2.04 bits per heavy atom. The van der Waals surface area contributed by atoms with Crippen molar-refractivity contribution in [3.05, 3.63) is 54.6 Å². The Kier molecular flexibility index (Phi) is 8.18. The van der Waals surface area contributed by atoms with E-state index in [-0.39, 0.29) is 11.6 Å². The van der Waals surface area contributed by atoms with Gasteiger partial charge < -0.3 is 19.7 Å². The van der Waals surface area contributed by atoms with Gasteiger partial charge in [-0.15, -0.1) is 0 Å². The number of para-hydroxylation sites is 1. The molecule has 1 heterocycles. The number of aliphatic imine (C=N–C) groups is 1. The Morgan fingerprint density at radius 3 is 2.77 bits per heavy atom. The van der Waals surface area contributed by atoms with Crippen molar-refractivity contribution < 1.29 is 13.9 Å². The molecule has 0 saturated heterocycles. The predicted octanol–water partition coefficient (Wildman–Crippen LogP) is 2.58. The van der Waals surface area contributed by atoms with Crippen LogP contribution < -0.4 is 14.8 Å². The maximum absolute atomic E-state index is 13.5. The van der Waals surface area contributed by atoms with Crippen molar-refractivity contribution in [1.82, 2.24) is 15.2 Å². The molecule has 0 saturated carbocycles. The lowest BCUT2D eigenvalue weighted by Crippen LogP contribution is -2.41. The second-order valence-corrected chi connectivity index (χ2v) is 5.47. The van der Waals surface area contributed by atoms with E-state index in [1.807, 2.05) is 31.0 Å². The van der Waals surface area contributed by atoms with Crippen molar-refractivity contribution >= 4 is 5.96 Å². The first-order chi connectivity index (χ1) is 12.7. The van der Waals surface area contributed by atoms with Crippen molar-refractivity contribution in [3.63, 3.8) is 0 Å². The quantitative estimate of drug-likeness (QED) is 0.423. The average molecular weight is 360 g/mol. The molecule has 0 amide bonds. The van der Waals surface area contributed by atoms with Crippen LogP contribution in [0.1, 0.15) is 6.92 Å². The SMILES string of the molecule is CCNC(=NCCOc1cccnc1)N(C)CCOc1ccccc1F. The molecule has 2 rings (SSSR count). The number of benzene rings is 1. The Bertz CT molecular complexity index is 682. The number of hydrogen-bond donors (Lipinski definition) is 1. The summed E-state index contributed by atoms with van der Waals surface area (Å²) in [4.78, 5) is 10.5. The smallest absolute Gasteiger partial charge is 0.193 e. The number of ether oxygens (including phenoxy) is 2. The first kappa shape index (κ1) is 19.5. The summed E-state index contributed by atoms with van der Waals surface area (Å²) in [6.07, 6.45) is 3.37. The van der Waals surface area contributed by atoms with Crippen LogP contribution in [0.2, 0.25) is 0 Å². The van der Waals surface area contributed by atoms with Crippen LogP contribution in [-0.4, -0.2) is 55.7 Å². The molecular weight excluding hydrogens is 335 g/mol. The van der Waals surface area contributed by atoms with Crippen LogP contribution in [0.5, 0.6) is 11.5 Å². The summed E-state index contributed by atoms with van der Waals surface area (Å²) in [5.74, 6) is 1.37. The van der Waals surface area contributed by atoms with Gasteiger partial charge in [-0.3, -0.25) is 4.98 Å². The van der Waals surface area contributed by atoms with Crippen molar-refractivity contribution in [3.8, 4) is 11.5 Å². The molecule has 140 valence electrons. The largest absolute Gasteiger partial charge is 0.490 e. The van der Waals surface area contributed by atoms with Gasteiger partial charge in [-0.1, -0.05) is 12.1 Å². The van der Waals surface area contributed by atoms with Crippen LogP contribution in [0, 0.1) is 5.82 Å². The minimum absolute atomic E-state index is 0.257. The Balaban J connectivity index is 1.78. The third kappa shape index (κ3) is 6.58. The van der Waals surface area contributed by atoms with Gasteiger partial charge in [0.25, 0.3) is 0 Å². The minimum atomic E-state index is -0.358. The van der Waals surface area contributed by atoms with Gasteiger partial charge in [-0.2, -0.15) is 0 Å². The third-order valence-corrected chi connectivity index (χ3v) is 3.47. The van der Waals surface area contributed by atoms with E-state index in [2.05, 4.69) is 15.3 Å². The maximum Gasteiger partial charge on any atom is 0.193 e. The van der Waals surface area contributed by atoms with Crippen LogP contribution in [0.3, 0.4) is 0 Å². The highest BCUT2D eigenvalue weighted by atomic mass is 19.1. The van der Waals surface area contributed by atoms with Crippen molar-refractivity contribution in [2.45, 2.75) is 6.92 Å². The molecule has 0 aliphatic carbocycles. The zero-order chi connectivity index (χ0) is 18.6. The number of guanidine groups is 1. The highest BCUT2D eigenvalue weighted by molar-refractivity contribution is 5.79. The van der Waals surface area contributed by atoms with Crippen LogP contribution in [0.25, 0.3) is 0 Å². The number of halogens is 1. The minimum Gasteiger partial charge on any atom is -0.490 e. The van der Waals surface area contributed by atoms with E-state index >= 15 is 0 Å². The van der Waals surface area contributed by atoms with E-state index < -0.39 is 0 Å². The average Bonchev–Trinajstić information content (AvgIpc) is 2.66. The lowest BCUT2D eigenvalue weighted by atomic mass is 10.3. The number of nitrogens with zero attached hydrogens (tertiary/aromatic N) is 3. The van der Waals surface area contributed by atoms with Gasteiger partial charge in [0.15, 0.2) is 17.5 Å². The van der Waals surface area contributed by atoms with Gasteiger partial charge in [0, 0.05) is 19.8 Å². The van der Waals surface area contributed by atoms with Gasteiger partial charge in [0.05, 0.1) is 19.3 Å². The molecule has 7 heteroatoms. The van der Waals surface area contributed by atoms with Gasteiger partial charge in [-0.05, 0) is 31.2 Å². The van der Waals surface area contributed by atoms with Crippen molar-refractivity contribution in [2.24, 2.45) is 4.99 Å². The van der Waals surface area contributed by atoms with Crippen LogP contribution in [-0.2, 0) is 0 Å². The summed E-state index contributed by atoms with van der Waals surface area (Å²) < 4.78 is 24.6. The van der Waals surface area contributed by atoms with Gasteiger partial charge in [0.1, 0.15) is 19.0 Å². The van der Waals surface area contributed by atoms with E-state index in [0.717, 1.165) is 18.3 Å². The number of rotatable bonds is 9. The van der Waals surface area contributed by atoms with E-state index in [4.69, 9.17) is 9.47 Å². The fourth-order valence-corrected chi connectivity index (χ4v) is 2.18. The number of pyridine rings is 1. The van der Waals surface area contributed by atoms with Gasteiger partial charge in [0.2, 0.25) is 0 Å². The zero-order valence-corrected chi connectivity index (χ0v) is 15.2. The molecule has 2 aromatic rings. The van der Waals surface area contributed by atoms with Gasteiger partial charge >= 0.3 is 0 Å². The first-order valence-electron chi connectivity index (χ1n) is 8.60. The molecular formula is C19H25FN4O2. The summed E-state index contributed by atoms with van der Waals surface area (Å²) in [5, 5.41) is 3.22. The fourth-order valence-electron chi connectivity index (χ4n) is 2.18. The Morgan fingerprint density at radius 1 is 1.19 bits per heavy atom. The molecule has 0 aliphatic rings. The standard InChI is InChI=1S/C19H25FN4O2/c1-3-22-19(23-11-13-25-16-7-6-10-21-15-16)24(2)12-14-26-18-9-5-4-8-17(18)20/h4-10,15H,3,11-14H2,1-2H3,(H,22,23). The lowest BCUT2D eigenvalue weighted by molar-refractivity contribution is 0.269. The molecule has 0 spiro atoms. The lowest BCUT2D eigenvalue weighted by Gasteiger charge is -2.22. The van der Waals surface area contributed by atoms with E-state index in [0.29, 0.717) is 26.3 Å². The summed E-state index contributed by atoms with van der Waals surface area (Å²) in [7, 11) is 1.91. The van der Waals surface area contributed by atoms with Crippen LogP contribution in [0.4, 0.5) is 4.39 Å². The van der Waals surface area contributed by atoms with E-state index in [1.54, 1.807) is 30.6 Å². The Labute approximate surface area is 153 Å². The molecule has 0 radical (unpaired) electrons. The molecule has 1 aromatic heterocycles. The Hall–Kier alpha value is -2.83. The molecule has 0 aliphatic heterocycles. The van der Waals surface area contributed by atoms with E-state index in [9.17, 15) is 4.39 Å².